The molecule has 4 saturated carbocycles. The number of carbonyl (C=O) groups excluding carboxylic acids is 1. The van der Waals surface area contributed by atoms with Crippen LogP contribution in [0, 0.1) is 34.5 Å². The van der Waals surface area contributed by atoms with Gasteiger partial charge in [-0.15, -0.1) is 0 Å². The highest BCUT2D eigenvalue weighted by Gasteiger charge is 2.60. The van der Waals surface area contributed by atoms with Crippen LogP contribution in [0.25, 0.3) is 10.4 Å². The van der Waals surface area contributed by atoms with Crippen LogP contribution in [0.2, 0.25) is 0 Å². The van der Waals surface area contributed by atoms with Gasteiger partial charge in [-0.05, 0) is 86.0 Å². The van der Waals surface area contributed by atoms with Crippen molar-refractivity contribution in [3.8, 4) is 0 Å². The predicted octanol–water partition coefficient (Wildman–Crippen LogP) is 5.28. The summed E-state index contributed by atoms with van der Waals surface area (Å²) in [5.41, 5.74) is 9.16. The average Bonchev–Trinajstić information content (AvgIpc) is 2.84. The van der Waals surface area contributed by atoms with Gasteiger partial charge in [0.2, 0.25) is 0 Å². The molecule has 0 heterocycles. The Kier molecular flexibility index (Phi) is 3.53. The number of carbonyl (C=O) groups is 1. The Bertz CT molecular complexity index is 569. The van der Waals surface area contributed by atoms with Gasteiger partial charge in [0.05, 0.1) is 0 Å². The van der Waals surface area contributed by atoms with E-state index >= 15 is 0 Å². The standard InChI is InChI=1S/C19H29N3O/c1-18-9-7-13(21-22-20)11-12(18)3-4-14-15-5-6-17(23)19(15,2)10-8-16(14)18/h12-16H,3-11H2,1-2H3/t12-,13+,14+,15+,16+,18-,19-/m0/s1. The first-order valence-electron chi connectivity index (χ1n) is 9.56. The fourth-order valence-corrected chi connectivity index (χ4v) is 7.18. The summed E-state index contributed by atoms with van der Waals surface area (Å²) in [6, 6.07) is 0.219. The molecule has 0 bridgehead atoms. The van der Waals surface area contributed by atoms with E-state index in [4.69, 9.17) is 5.53 Å². The largest absolute Gasteiger partial charge is 0.299 e. The lowest BCUT2D eigenvalue weighted by atomic mass is 9.45. The van der Waals surface area contributed by atoms with Gasteiger partial charge in [-0.1, -0.05) is 19.0 Å². The van der Waals surface area contributed by atoms with Crippen molar-refractivity contribution in [3.05, 3.63) is 10.4 Å². The molecule has 0 N–H and O–H groups in total. The van der Waals surface area contributed by atoms with E-state index in [0.717, 1.165) is 49.9 Å². The second-order valence-corrected chi connectivity index (χ2v) is 9.21. The number of fused-ring (bicyclic) bond motifs is 5. The third-order valence-corrected chi connectivity index (χ3v) is 8.56. The van der Waals surface area contributed by atoms with E-state index in [0.29, 0.717) is 17.1 Å². The van der Waals surface area contributed by atoms with Gasteiger partial charge in [-0.25, -0.2) is 0 Å². The highest BCUT2D eigenvalue weighted by molar-refractivity contribution is 5.87. The number of hydrogen-bond acceptors (Lipinski definition) is 2. The molecule has 0 aliphatic heterocycles. The van der Waals surface area contributed by atoms with Crippen LogP contribution in [0.5, 0.6) is 0 Å². The number of ketones is 1. The average molecular weight is 315 g/mol. The van der Waals surface area contributed by atoms with E-state index < -0.39 is 0 Å². The third kappa shape index (κ3) is 2.10. The third-order valence-electron chi connectivity index (χ3n) is 8.56. The first-order valence-corrected chi connectivity index (χ1v) is 9.56. The van der Waals surface area contributed by atoms with Crippen molar-refractivity contribution in [2.75, 3.05) is 0 Å². The molecule has 0 saturated heterocycles. The topological polar surface area (TPSA) is 65.8 Å². The fourth-order valence-electron chi connectivity index (χ4n) is 7.18. The molecule has 0 radical (unpaired) electrons. The minimum absolute atomic E-state index is 0.00727. The number of nitrogens with zero attached hydrogens (tertiary/aromatic N) is 3. The molecule has 0 amide bonds. The van der Waals surface area contributed by atoms with Crippen LogP contribution in [-0.2, 0) is 4.79 Å². The van der Waals surface area contributed by atoms with Crippen molar-refractivity contribution in [1.29, 1.82) is 0 Å². The van der Waals surface area contributed by atoms with E-state index in [1.807, 2.05) is 0 Å². The Labute approximate surface area is 139 Å². The summed E-state index contributed by atoms with van der Waals surface area (Å²) in [5, 5.41) is 4.02. The Morgan fingerprint density at radius 2 is 1.91 bits per heavy atom. The lowest BCUT2D eigenvalue weighted by Gasteiger charge is -2.60. The number of hydrogen-bond donors (Lipinski definition) is 0. The molecular weight excluding hydrogens is 286 g/mol. The first kappa shape index (κ1) is 15.5. The molecule has 4 heteroatoms. The Morgan fingerprint density at radius 1 is 1.09 bits per heavy atom. The normalized spacial score (nSPS) is 52.1. The minimum atomic E-state index is -0.00727. The maximum absolute atomic E-state index is 12.4. The molecule has 4 aliphatic carbocycles. The quantitative estimate of drug-likeness (QED) is 0.369. The smallest absolute Gasteiger partial charge is 0.139 e. The van der Waals surface area contributed by atoms with Crippen molar-refractivity contribution in [1.82, 2.24) is 0 Å². The molecule has 4 rings (SSSR count). The highest BCUT2D eigenvalue weighted by Crippen LogP contribution is 2.65. The predicted molar refractivity (Wildman–Crippen MR) is 89.7 cm³/mol. The van der Waals surface area contributed by atoms with Crippen LogP contribution >= 0.6 is 0 Å². The van der Waals surface area contributed by atoms with Gasteiger partial charge in [0.15, 0.2) is 0 Å². The number of rotatable bonds is 1. The molecule has 0 aromatic heterocycles. The van der Waals surface area contributed by atoms with E-state index in [1.54, 1.807) is 0 Å². The second-order valence-electron chi connectivity index (χ2n) is 9.21. The minimum Gasteiger partial charge on any atom is -0.299 e. The fraction of sp³-hybridized carbons (Fsp3) is 0.947. The first-order chi connectivity index (χ1) is 11.0. The molecule has 4 nitrogen and oxygen atoms in total. The Balaban J connectivity index is 1.59. The monoisotopic (exact) mass is 315 g/mol. The van der Waals surface area contributed by atoms with E-state index in [2.05, 4.69) is 23.9 Å². The molecule has 126 valence electrons. The van der Waals surface area contributed by atoms with Crippen LogP contribution in [0.3, 0.4) is 0 Å². The van der Waals surface area contributed by atoms with E-state index in [1.165, 1.54) is 25.7 Å². The molecule has 7 atom stereocenters. The van der Waals surface area contributed by atoms with Crippen molar-refractivity contribution in [2.24, 2.45) is 39.6 Å². The summed E-state index contributed by atoms with van der Waals surface area (Å²) in [7, 11) is 0. The Hall–Kier alpha value is -1.02. The molecule has 4 aliphatic rings. The lowest BCUT2D eigenvalue weighted by Crippen LogP contribution is -2.53. The van der Waals surface area contributed by atoms with Gasteiger partial charge in [0.25, 0.3) is 0 Å². The van der Waals surface area contributed by atoms with Gasteiger partial charge in [0, 0.05) is 22.8 Å². The van der Waals surface area contributed by atoms with Crippen molar-refractivity contribution >= 4 is 5.78 Å². The van der Waals surface area contributed by atoms with E-state index in [-0.39, 0.29) is 11.5 Å². The summed E-state index contributed by atoms with van der Waals surface area (Å²) in [6.07, 6.45) is 10.2. The van der Waals surface area contributed by atoms with Crippen LogP contribution in [0.15, 0.2) is 5.11 Å². The molecule has 0 aromatic rings. The molecule has 23 heavy (non-hydrogen) atoms. The molecule has 0 aromatic carbocycles. The van der Waals surface area contributed by atoms with Crippen molar-refractivity contribution < 1.29 is 4.79 Å². The van der Waals surface area contributed by atoms with Crippen LogP contribution < -0.4 is 0 Å². The molecule has 4 fully saturated rings. The Morgan fingerprint density at radius 3 is 2.70 bits per heavy atom. The highest BCUT2D eigenvalue weighted by atomic mass is 16.1. The molecule has 0 spiro atoms. The van der Waals surface area contributed by atoms with Gasteiger partial charge < -0.3 is 0 Å². The SMILES string of the molecule is C[C@]12CC[C@@H](N=[N+]=[N-])C[C@@H]1CC[C@H]1[C@H]2CC[C@]2(C)C(=O)CC[C@H]12. The zero-order valence-electron chi connectivity index (χ0n) is 14.5. The summed E-state index contributed by atoms with van der Waals surface area (Å²) in [5.74, 6) is 3.45. The van der Waals surface area contributed by atoms with Crippen LogP contribution in [0.4, 0.5) is 0 Å². The summed E-state index contributed by atoms with van der Waals surface area (Å²) < 4.78 is 0. The zero-order chi connectivity index (χ0) is 16.2. The maximum atomic E-state index is 12.4. The van der Waals surface area contributed by atoms with E-state index in [9.17, 15) is 4.79 Å². The van der Waals surface area contributed by atoms with Crippen LogP contribution in [0.1, 0.15) is 71.6 Å². The number of azide groups is 1. The van der Waals surface area contributed by atoms with Gasteiger partial charge in [-0.2, -0.15) is 0 Å². The van der Waals surface area contributed by atoms with Gasteiger partial charge >= 0.3 is 0 Å². The summed E-state index contributed by atoms with van der Waals surface area (Å²) >= 11 is 0. The molecule has 0 unspecified atom stereocenters. The zero-order valence-corrected chi connectivity index (χ0v) is 14.5. The van der Waals surface area contributed by atoms with Crippen molar-refractivity contribution in [2.45, 2.75) is 77.7 Å². The van der Waals surface area contributed by atoms with Crippen LogP contribution in [-0.4, -0.2) is 11.8 Å². The lowest BCUT2D eigenvalue weighted by molar-refractivity contribution is -0.139. The van der Waals surface area contributed by atoms with Crippen molar-refractivity contribution in [3.63, 3.8) is 0 Å². The summed E-state index contributed by atoms with van der Waals surface area (Å²) in [4.78, 5) is 15.5. The molecular formula is C19H29N3O. The number of Topliss-reactive ketones (excluding diaryl/α,β-unsaturated/α-hetero) is 1. The second kappa shape index (κ2) is 5.24. The van der Waals surface area contributed by atoms with Gasteiger partial charge in [-0.3, -0.25) is 4.79 Å². The maximum Gasteiger partial charge on any atom is 0.139 e. The summed E-state index contributed by atoms with van der Waals surface area (Å²) in [6.45, 7) is 4.77. The van der Waals surface area contributed by atoms with Gasteiger partial charge in [0.1, 0.15) is 5.78 Å².